The highest BCUT2D eigenvalue weighted by Gasteiger charge is 2.17. The van der Waals surface area contributed by atoms with E-state index in [0.29, 0.717) is 26.3 Å². The molecule has 0 saturated carbocycles. The van der Waals surface area contributed by atoms with Gasteiger partial charge in [-0.05, 0) is 29.8 Å². The Hall–Kier alpha value is -1.99. The van der Waals surface area contributed by atoms with Gasteiger partial charge in [-0.2, -0.15) is 0 Å². The van der Waals surface area contributed by atoms with Crippen LogP contribution in [0.15, 0.2) is 55.3 Å². The van der Waals surface area contributed by atoms with E-state index in [1.807, 2.05) is 18.3 Å². The smallest absolute Gasteiger partial charge is 0.126 e. The van der Waals surface area contributed by atoms with E-state index in [2.05, 4.69) is 17.2 Å². The number of nitrogens with one attached hydrogen (secondary N) is 1. The third kappa shape index (κ3) is 7.64. The Morgan fingerprint density at radius 1 is 1.33 bits per heavy atom. The number of methoxy groups -OCH3 is 1. The van der Waals surface area contributed by atoms with Crippen molar-refractivity contribution in [2.24, 2.45) is 0 Å². The van der Waals surface area contributed by atoms with Crippen molar-refractivity contribution in [2.75, 3.05) is 40.0 Å². The summed E-state index contributed by atoms with van der Waals surface area (Å²) in [6.45, 7) is 7.62. The molecule has 2 atom stereocenters. The van der Waals surface area contributed by atoms with Crippen LogP contribution < -0.4 is 4.90 Å². The molecule has 27 heavy (non-hydrogen) atoms. The molecule has 0 amide bonds. The summed E-state index contributed by atoms with van der Waals surface area (Å²) in [6.07, 6.45) is 3.11. The number of aromatic nitrogens is 1. The number of aliphatic hydroxyl groups excluding tert-OH is 1. The lowest BCUT2D eigenvalue weighted by Gasteiger charge is -2.23. The van der Waals surface area contributed by atoms with Gasteiger partial charge in [-0.3, -0.25) is 0 Å². The molecule has 0 spiro atoms. The summed E-state index contributed by atoms with van der Waals surface area (Å²) in [5.74, 6) is -0.226. The van der Waals surface area contributed by atoms with Gasteiger partial charge in [-0.1, -0.05) is 18.2 Å². The molecule has 0 saturated heterocycles. The van der Waals surface area contributed by atoms with Crippen LogP contribution >= 0.6 is 0 Å². The highest BCUT2D eigenvalue weighted by molar-refractivity contribution is 5.18. The van der Waals surface area contributed by atoms with E-state index in [0.717, 1.165) is 24.3 Å². The molecule has 1 aromatic carbocycles. The van der Waals surface area contributed by atoms with Crippen molar-refractivity contribution >= 4 is 0 Å². The molecule has 148 valence electrons. The zero-order valence-corrected chi connectivity index (χ0v) is 15.9. The normalized spacial score (nSPS) is 13.4. The highest BCUT2D eigenvalue weighted by atomic mass is 19.1. The molecule has 6 heteroatoms. The molecule has 0 aliphatic rings. The van der Waals surface area contributed by atoms with E-state index in [-0.39, 0.29) is 12.4 Å². The quantitative estimate of drug-likeness (QED) is 0.408. The van der Waals surface area contributed by atoms with Gasteiger partial charge >= 0.3 is 0 Å². The fraction of sp³-hybridized carbons (Fsp3) is 0.429. The second-order valence-corrected chi connectivity index (χ2v) is 6.61. The molecule has 0 radical (unpaired) electrons. The summed E-state index contributed by atoms with van der Waals surface area (Å²) in [6, 6.07) is 10.7. The molecule has 2 rings (SSSR count). The number of aliphatic hydroxyl groups is 1. The van der Waals surface area contributed by atoms with Crippen molar-refractivity contribution in [1.82, 2.24) is 4.57 Å². The first kappa shape index (κ1) is 21.3. The van der Waals surface area contributed by atoms with Crippen molar-refractivity contribution in [1.29, 1.82) is 0 Å². The summed E-state index contributed by atoms with van der Waals surface area (Å²) >= 11 is 0. The second-order valence-electron chi connectivity index (χ2n) is 6.61. The van der Waals surface area contributed by atoms with E-state index >= 15 is 0 Å². The van der Waals surface area contributed by atoms with Crippen molar-refractivity contribution in [2.45, 2.75) is 19.2 Å². The van der Waals surface area contributed by atoms with Gasteiger partial charge in [0.25, 0.3) is 0 Å². The fourth-order valence-electron chi connectivity index (χ4n) is 3.04. The molecule has 2 N–H and O–H groups in total. The Morgan fingerprint density at radius 2 is 2.19 bits per heavy atom. The number of quaternary nitrogens is 1. The molecule has 1 heterocycles. The maximum atomic E-state index is 13.4. The fourth-order valence-corrected chi connectivity index (χ4v) is 3.04. The Morgan fingerprint density at radius 3 is 2.93 bits per heavy atom. The number of ether oxygens (including phenoxy) is 2. The lowest BCUT2D eigenvalue weighted by molar-refractivity contribution is -0.917. The predicted molar refractivity (Wildman–Crippen MR) is 103 cm³/mol. The van der Waals surface area contributed by atoms with E-state index in [1.54, 1.807) is 25.3 Å². The van der Waals surface area contributed by atoms with Crippen LogP contribution in [0.5, 0.6) is 0 Å². The minimum atomic E-state index is -0.552. The highest BCUT2D eigenvalue weighted by Crippen LogP contribution is 2.09. The van der Waals surface area contributed by atoms with Gasteiger partial charge < -0.3 is 24.0 Å². The Labute approximate surface area is 160 Å². The summed E-state index contributed by atoms with van der Waals surface area (Å²) < 4.78 is 26.1. The van der Waals surface area contributed by atoms with Crippen LogP contribution in [0.25, 0.3) is 0 Å². The number of rotatable bonds is 13. The van der Waals surface area contributed by atoms with Crippen LogP contribution in [-0.2, 0) is 22.6 Å². The average molecular weight is 377 g/mol. The molecular formula is C21H30FN2O3+. The summed E-state index contributed by atoms with van der Waals surface area (Å²) in [7, 11) is 1.67. The predicted octanol–water partition coefficient (Wildman–Crippen LogP) is 1.27. The van der Waals surface area contributed by atoms with E-state index in [4.69, 9.17) is 9.47 Å². The number of halogens is 1. The lowest BCUT2D eigenvalue weighted by Crippen LogP contribution is -3.12. The Kier molecular flexibility index (Phi) is 9.21. The molecule has 0 bridgehead atoms. The molecule has 0 aliphatic heterocycles. The molecule has 5 nitrogen and oxygen atoms in total. The molecule has 2 aromatic rings. The number of hydrogen-bond donors (Lipinski definition) is 2. The molecule has 0 fully saturated rings. The molecule has 1 aromatic heterocycles. The molecule has 0 aliphatic carbocycles. The largest absolute Gasteiger partial charge is 0.385 e. The first-order valence-corrected chi connectivity index (χ1v) is 9.20. The van der Waals surface area contributed by atoms with Crippen LogP contribution in [0.2, 0.25) is 0 Å². The third-order valence-corrected chi connectivity index (χ3v) is 4.33. The van der Waals surface area contributed by atoms with Crippen molar-refractivity contribution in [3.8, 4) is 0 Å². The monoisotopic (exact) mass is 377 g/mol. The van der Waals surface area contributed by atoms with E-state index in [9.17, 15) is 9.50 Å². The van der Waals surface area contributed by atoms with Crippen molar-refractivity contribution in [3.05, 3.63) is 72.3 Å². The maximum Gasteiger partial charge on any atom is 0.126 e. The Balaban J connectivity index is 1.99. The minimum Gasteiger partial charge on any atom is -0.385 e. The SMILES string of the molecule is C=CCOC[C@@H](O)C[NH+](CCOC)Cc1cccn1Cc1cccc(F)c1. The van der Waals surface area contributed by atoms with Gasteiger partial charge in [0, 0.05) is 19.9 Å². The van der Waals surface area contributed by atoms with Gasteiger partial charge in [0.15, 0.2) is 0 Å². The maximum absolute atomic E-state index is 13.4. The van der Waals surface area contributed by atoms with Gasteiger partial charge in [0.1, 0.15) is 31.6 Å². The van der Waals surface area contributed by atoms with Crippen LogP contribution in [-0.4, -0.2) is 55.8 Å². The number of benzene rings is 1. The zero-order chi connectivity index (χ0) is 19.5. The zero-order valence-electron chi connectivity index (χ0n) is 15.9. The van der Waals surface area contributed by atoms with Gasteiger partial charge in [-0.25, -0.2) is 4.39 Å². The first-order chi connectivity index (χ1) is 13.1. The summed E-state index contributed by atoms with van der Waals surface area (Å²) in [5.41, 5.74) is 2.05. The van der Waals surface area contributed by atoms with Crippen LogP contribution in [0.4, 0.5) is 4.39 Å². The van der Waals surface area contributed by atoms with Crippen molar-refractivity contribution in [3.63, 3.8) is 0 Å². The summed E-state index contributed by atoms with van der Waals surface area (Å²) in [4.78, 5) is 1.20. The van der Waals surface area contributed by atoms with Crippen molar-refractivity contribution < 1.29 is 23.9 Å². The van der Waals surface area contributed by atoms with E-state index < -0.39 is 6.10 Å². The standard InChI is InChI=1S/C21H29FN2O3/c1-3-11-27-17-21(25)16-23(10-12-26-2)15-20-8-5-9-24(20)14-18-6-4-7-19(22)13-18/h3-9,13,21,25H,1,10-12,14-17H2,2H3/p+1/t21-/m0/s1. The molecule has 1 unspecified atom stereocenters. The topological polar surface area (TPSA) is 48.1 Å². The van der Waals surface area contributed by atoms with Gasteiger partial charge in [0.05, 0.1) is 25.5 Å². The number of hydrogen-bond acceptors (Lipinski definition) is 3. The molecular weight excluding hydrogens is 347 g/mol. The minimum absolute atomic E-state index is 0.226. The van der Waals surface area contributed by atoms with Gasteiger partial charge in [-0.15, -0.1) is 6.58 Å². The third-order valence-electron chi connectivity index (χ3n) is 4.33. The second kappa shape index (κ2) is 11.7. The average Bonchev–Trinajstić information content (AvgIpc) is 3.06. The number of nitrogens with zero attached hydrogens (tertiary/aromatic N) is 1. The van der Waals surface area contributed by atoms with E-state index in [1.165, 1.54) is 11.0 Å². The Bertz CT molecular complexity index is 690. The van der Waals surface area contributed by atoms with Crippen LogP contribution in [0.3, 0.4) is 0 Å². The van der Waals surface area contributed by atoms with Gasteiger partial charge in [0.2, 0.25) is 0 Å². The first-order valence-electron chi connectivity index (χ1n) is 9.20. The van der Waals surface area contributed by atoms with Crippen LogP contribution in [0.1, 0.15) is 11.3 Å². The van der Waals surface area contributed by atoms with Crippen LogP contribution in [0, 0.1) is 5.82 Å². The summed E-state index contributed by atoms with van der Waals surface area (Å²) in [5, 5.41) is 10.2. The lowest BCUT2D eigenvalue weighted by atomic mass is 10.2.